The Hall–Kier alpha value is -8.08. The summed E-state index contributed by atoms with van der Waals surface area (Å²) < 4.78 is 0. The molecule has 27 nitrogen and oxygen atoms in total. The number of amides is 9. The van der Waals surface area contributed by atoms with Gasteiger partial charge in [0, 0.05) is 67.7 Å². The van der Waals surface area contributed by atoms with Gasteiger partial charge >= 0.3 is 0 Å². The molecule has 0 saturated carbocycles. The van der Waals surface area contributed by atoms with Gasteiger partial charge in [-0.05, 0) is 62.5 Å². The average molecular weight is 1130 g/mol. The highest BCUT2D eigenvalue weighted by atomic mass is 33.1. The lowest BCUT2D eigenvalue weighted by molar-refractivity contribution is -0.136. The van der Waals surface area contributed by atoms with Gasteiger partial charge in [-0.2, -0.15) is 0 Å². The van der Waals surface area contributed by atoms with E-state index in [1.165, 1.54) is 26.4 Å². The van der Waals surface area contributed by atoms with Crippen molar-refractivity contribution in [3.63, 3.8) is 0 Å². The molecule has 0 bridgehead atoms. The number of fused-ring (bicyclic) bond motifs is 1. The van der Waals surface area contributed by atoms with Crippen molar-refractivity contribution in [1.82, 2.24) is 68.1 Å². The Labute approximate surface area is 464 Å². The number of carbonyl (C=O) groups is 9. The van der Waals surface area contributed by atoms with E-state index < -0.39 is 107 Å². The molecule has 428 valence electrons. The zero-order valence-corrected chi connectivity index (χ0v) is 45.8. The van der Waals surface area contributed by atoms with Crippen molar-refractivity contribution in [2.24, 2.45) is 22.6 Å². The molecule has 0 spiro atoms. The fourth-order valence-electron chi connectivity index (χ4n) is 8.64. The summed E-state index contributed by atoms with van der Waals surface area (Å²) in [4.78, 5) is 136. The molecule has 0 radical (unpaired) electrons. The van der Waals surface area contributed by atoms with Gasteiger partial charge in [0.15, 0.2) is 11.9 Å². The van der Waals surface area contributed by atoms with E-state index in [1.807, 2.05) is 49.4 Å². The van der Waals surface area contributed by atoms with Crippen LogP contribution < -0.4 is 70.4 Å². The standard InChI is InChI=1S/C50H72N18O9S2/c1-27-41(71)64-36(20-30-23-56-26-60-30)45(75)66-37(21-50(3)15-7-4-8-16-50)46(76)63-34(14-10-18-58-49(54)55)43(73)65-35(19-29-22-59-32-12-6-5-11-31(29)32)44(74)67-38(40(51)70)24-78-79-25-39(47(77)61-27)68-42(72)33(62-28(2)69)13-9-17-57-48(52)53/h4-8,11-12,15,22-23,26-27,33-39,59H,9-10,13-14,16-21,24-25H2,1-3H3,(H2,51,70)(H,56,60)(H,61,77)(H,62,69)(H,63,76)(H,64,71)(H,65,73)(H,66,75)(H,67,74)(H,68,72)(H4,52,53,57)(H4,54,55,58)/t27-,33+,34+,35+,36+,37-,38+,39+,50?/m1/s1. The van der Waals surface area contributed by atoms with Gasteiger partial charge in [0.05, 0.1) is 12.0 Å². The van der Waals surface area contributed by atoms with Crippen molar-refractivity contribution in [1.29, 1.82) is 10.8 Å². The number of imidazole rings is 1. The molecule has 2 aliphatic rings. The number of benzene rings is 1. The number of para-hydroxylation sites is 1. The molecule has 1 saturated heterocycles. The van der Waals surface area contributed by atoms with Crippen LogP contribution in [0.2, 0.25) is 0 Å². The van der Waals surface area contributed by atoms with Gasteiger partial charge in [0.25, 0.3) is 0 Å². The molecule has 9 amide bonds. The zero-order chi connectivity index (χ0) is 57.6. The number of hydrogen-bond donors (Lipinski definition) is 17. The van der Waals surface area contributed by atoms with Gasteiger partial charge in [-0.3, -0.25) is 54.0 Å². The quantitative estimate of drug-likeness (QED) is 0.0281. The van der Waals surface area contributed by atoms with Crippen LogP contribution in [-0.2, 0) is 56.0 Å². The molecule has 1 aliphatic carbocycles. The molecule has 3 heterocycles. The van der Waals surface area contributed by atoms with Gasteiger partial charge in [-0.25, -0.2) is 4.98 Å². The van der Waals surface area contributed by atoms with Gasteiger partial charge in [-0.1, -0.05) is 71.0 Å². The van der Waals surface area contributed by atoms with Crippen LogP contribution in [-0.4, -0.2) is 153 Å². The van der Waals surface area contributed by atoms with E-state index in [1.54, 1.807) is 12.3 Å². The number of aromatic nitrogens is 3. The maximum Gasteiger partial charge on any atom is 0.244 e. The number of carbonyl (C=O) groups excluding carboxylic acids is 9. The van der Waals surface area contributed by atoms with Crippen LogP contribution in [0, 0.1) is 16.2 Å². The second-order valence-electron chi connectivity index (χ2n) is 19.5. The second kappa shape index (κ2) is 30.2. The second-order valence-corrected chi connectivity index (χ2v) is 22.0. The molecule has 3 aromatic rings. The third-order valence-electron chi connectivity index (χ3n) is 12.9. The Bertz CT molecular complexity index is 2740. The van der Waals surface area contributed by atoms with Crippen LogP contribution in [0.25, 0.3) is 10.9 Å². The van der Waals surface area contributed by atoms with E-state index in [-0.39, 0.29) is 81.5 Å². The molecular weight excluding hydrogens is 1060 g/mol. The zero-order valence-electron chi connectivity index (χ0n) is 44.1. The van der Waals surface area contributed by atoms with E-state index in [0.29, 0.717) is 17.7 Å². The van der Waals surface area contributed by atoms with Crippen molar-refractivity contribution < 1.29 is 43.2 Å². The number of nitrogens with zero attached hydrogens (tertiary/aromatic N) is 1. The minimum atomic E-state index is -1.40. The topological polar surface area (TPSA) is 444 Å². The molecule has 20 N–H and O–H groups in total. The molecule has 29 heteroatoms. The van der Waals surface area contributed by atoms with Crippen LogP contribution in [0.4, 0.5) is 0 Å². The highest BCUT2D eigenvalue weighted by Gasteiger charge is 2.37. The van der Waals surface area contributed by atoms with Crippen molar-refractivity contribution in [3.05, 3.63) is 78.5 Å². The first-order valence-electron chi connectivity index (χ1n) is 25.6. The van der Waals surface area contributed by atoms with Crippen molar-refractivity contribution in [3.8, 4) is 0 Å². The molecular formula is C50H72N18O9S2. The Kier molecular flexibility index (Phi) is 23.6. The van der Waals surface area contributed by atoms with Crippen LogP contribution in [0.3, 0.4) is 0 Å². The maximum atomic E-state index is 14.8. The molecule has 1 fully saturated rings. The van der Waals surface area contributed by atoms with Crippen molar-refractivity contribution >= 4 is 97.6 Å². The summed E-state index contributed by atoms with van der Waals surface area (Å²) >= 11 is 0. The highest BCUT2D eigenvalue weighted by Crippen LogP contribution is 2.33. The summed E-state index contributed by atoms with van der Waals surface area (Å²) in [6, 6.07) is -3.49. The van der Waals surface area contributed by atoms with Gasteiger partial charge in [-0.15, -0.1) is 0 Å². The first-order valence-corrected chi connectivity index (χ1v) is 28.1. The average Bonchev–Trinajstić information content (AvgIpc) is 4.11. The Balaban J connectivity index is 1.55. The molecule has 1 aromatic carbocycles. The van der Waals surface area contributed by atoms with Gasteiger partial charge in [0.1, 0.15) is 48.3 Å². The first kappa shape index (κ1) is 61.8. The third-order valence-corrected chi connectivity index (χ3v) is 15.3. The fraction of sp³-hybridized carbons (Fsp3) is 0.480. The summed E-state index contributed by atoms with van der Waals surface area (Å²) in [5.74, 6) is -8.16. The normalized spacial score (nSPS) is 24.3. The molecule has 5 rings (SSSR count). The van der Waals surface area contributed by atoms with E-state index in [4.69, 9.17) is 28.0 Å². The molecule has 9 atom stereocenters. The first-order chi connectivity index (χ1) is 37.6. The van der Waals surface area contributed by atoms with Gasteiger partial charge < -0.3 is 80.3 Å². The van der Waals surface area contributed by atoms with E-state index in [9.17, 15) is 43.2 Å². The Morgan fingerprint density at radius 1 is 0.772 bits per heavy atom. The molecule has 2 aromatic heterocycles. The number of aromatic amines is 2. The van der Waals surface area contributed by atoms with Crippen LogP contribution in [0.15, 0.2) is 67.3 Å². The van der Waals surface area contributed by atoms with E-state index in [0.717, 1.165) is 32.5 Å². The smallest absolute Gasteiger partial charge is 0.244 e. The van der Waals surface area contributed by atoms with Gasteiger partial charge in [0.2, 0.25) is 53.2 Å². The summed E-state index contributed by atoms with van der Waals surface area (Å²) in [6.45, 7) is 4.76. The number of H-pyrrole nitrogens is 2. The van der Waals surface area contributed by atoms with E-state index >= 15 is 0 Å². The minimum Gasteiger partial charge on any atom is -0.370 e. The number of nitrogens with one attached hydrogen (secondary N) is 14. The number of nitrogens with two attached hydrogens (primary N) is 3. The van der Waals surface area contributed by atoms with Crippen LogP contribution in [0.5, 0.6) is 0 Å². The summed E-state index contributed by atoms with van der Waals surface area (Å²) in [5.41, 5.74) is 17.8. The minimum absolute atomic E-state index is 0.00249. The summed E-state index contributed by atoms with van der Waals surface area (Å²) in [5, 5.41) is 42.7. The number of hydrogen-bond acceptors (Lipinski definition) is 14. The monoisotopic (exact) mass is 1130 g/mol. The lowest BCUT2D eigenvalue weighted by atomic mass is 9.78. The molecule has 1 unspecified atom stereocenters. The third kappa shape index (κ3) is 20.0. The predicted octanol–water partition coefficient (Wildman–Crippen LogP) is -2.09. The number of allylic oxidation sites excluding steroid dienone is 4. The Morgan fingerprint density at radius 3 is 2.08 bits per heavy atom. The summed E-state index contributed by atoms with van der Waals surface area (Å²) in [6.07, 6.45) is 12.7. The number of rotatable bonds is 18. The fourth-order valence-corrected chi connectivity index (χ4v) is 11.0. The predicted molar refractivity (Wildman–Crippen MR) is 299 cm³/mol. The van der Waals surface area contributed by atoms with Crippen molar-refractivity contribution in [2.45, 2.75) is 120 Å². The lowest BCUT2D eigenvalue weighted by Gasteiger charge is -2.33. The maximum absolute atomic E-state index is 14.8. The number of primary amides is 1. The Morgan fingerprint density at radius 2 is 1.41 bits per heavy atom. The van der Waals surface area contributed by atoms with Crippen LogP contribution >= 0.6 is 21.6 Å². The highest BCUT2D eigenvalue weighted by molar-refractivity contribution is 8.76. The van der Waals surface area contributed by atoms with Crippen molar-refractivity contribution in [2.75, 3.05) is 24.6 Å². The van der Waals surface area contributed by atoms with Crippen LogP contribution in [0.1, 0.15) is 70.6 Å². The molecule has 1 aliphatic heterocycles. The number of guanidine groups is 2. The lowest BCUT2D eigenvalue weighted by Crippen LogP contribution is -2.61. The summed E-state index contributed by atoms with van der Waals surface area (Å²) in [7, 11) is 2.02. The van der Waals surface area contributed by atoms with E-state index in [2.05, 4.69) is 68.1 Å². The SMILES string of the molecule is CC(=O)N[C@@H](CCCNC(=N)N)C(=O)N[C@H]1CSSC[C@@H](C(N)=O)NC(=O)[C@H](Cc2c[nH]c3ccccc23)NC(=O)[C@H](CCCNC(=N)N)NC(=O)[C@@H](CC2(C)C=CC=CC2)NC(=O)[C@H](Cc2c[nH]cn2)NC(=O)[C@@H](C)NC1=O. The molecule has 79 heavy (non-hydrogen) atoms. The largest absolute Gasteiger partial charge is 0.370 e.